The summed E-state index contributed by atoms with van der Waals surface area (Å²) in [7, 11) is 4.91. The number of hydrogen-bond donors (Lipinski definition) is 4. The second kappa shape index (κ2) is 9.34. The minimum Gasteiger partial charge on any atom is -0.397 e. The number of carbonyl (C=O) groups is 3. The van der Waals surface area contributed by atoms with E-state index in [-0.39, 0.29) is 30.2 Å². The van der Waals surface area contributed by atoms with Crippen molar-refractivity contribution in [1.29, 1.82) is 5.41 Å². The van der Waals surface area contributed by atoms with Crippen LogP contribution >= 0.6 is 0 Å². The van der Waals surface area contributed by atoms with Gasteiger partial charge in [-0.3, -0.25) is 24.2 Å². The fourth-order valence-electron chi connectivity index (χ4n) is 3.17. The van der Waals surface area contributed by atoms with Gasteiger partial charge in [0, 0.05) is 65.1 Å². The molecule has 0 saturated carbocycles. The van der Waals surface area contributed by atoms with Crippen LogP contribution in [-0.4, -0.2) is 63.0 Å². The Morgan fingerprint density at radius 1 is 1.06 bits per heavy atom. The predicted molar refractivity (Wildman–Crippen MR) is 126 cm³/mol. The Morgan fingerprint density at radius 2 is 1.73 bits per heavy atom. The topological polar surface area (TPSA) is 160 Å². The number of hydrogen-bond acceptors (Lipinski definition) is 5. The maximum absolute atomic E-state index is 12.9. The minimum absolute atomic E-state index is 0.00300. The van der Waals surface area contributed by atoms with Gasteiger partial charge in [-0.05, 0) is 18.2 Å². The summed E-state index contributed by atoms with van der Waals surface area (Å²) in [5.41, 5.74) is 12.9. The lowest BCUT2D eigenvalue weighted by molar-refractivity contribution is 0.101. The first-order valence-corrected chi connectivity index (χ1v) is 10.0. The number of carbonyl (C=O) groups excluding carboxylic acids is 3. The molecule has 3 amide bonds. The second-order valence-corrected chi connectivity index (χ2v) is 7.63. The fourth-order valence-corrected chi connectivity index (χ4v) is 3.17. The van der Waals surface area contributed by atoms with E-state index in [0.717, 1.165) is 0 Å². The molecule has 0 radical (unpaired) electrons. The Labute approximate surface area is 190 Å². The number of aromatic nitrogens is 3. The van der Waals surface area contributed by atoms with Crippen molar-refractivity contribution in [2.24, 2.45) is 12.8 Å². The summed E-state index contributed by atoms with van der Waals surface area (Å²) in [6.45, 7) is 0.309. The van der Waals surface area contributed by atoms with Crippen LogP contribution in [0.25, 0.3) is 0 Å². The van der Waals surface area contributed by atoms with E-state index in [4.69, 9.17) is 16.9 Å². The summed E-state index contributed by atoms with van der Waals surface area (Å²) in [5.74, 6) is -0.347. The van der Waals surface area contributed by atoms with Crippen molar-refractivity contribution < 1.29 is 14.4 Å². The molecule has 0 saturated heterocycles. The van der Waals surface area contributed by atoms with Gasteiger partial charge in [0.05, 0.1) is 22.9 Å². The number of nitrogens with zero attached hydrogens (tertiary/aromatic N) is 5. The third-order valence-corrected chi connectivity index (χ3v) is 5.05. The van der Waals surface area contributed by atoms with Crippen LogP contribution in [0.3, 0.4) is 0 Å². The van der Waals surface area contributed by atoms with E-state index in [1.54, 1.807) is 56.3 Å². The average molecular weight is 454 g/mol. The summed E-state index contributed by atoms with van der Waals surface area (Å²) >= 11 is 0. The van der Waals surface area contributed by atoms with Gasteiger partial charge in [0.1, 0.15) is 5.69 Å². The molecule has 3 heterocycles. The summed E-state index contributed by atoms with van der Waals surface area (Å²) in [4.78, 5) is 40.6. The van der Waals surface area contributed by atoms with Crippen molar-refractivity contribution in [3.8, 4) is 0 Å². The molecule has 0 fully saturated rings. The predicted octanol–water partition coefficient (Wildman–Crippen LogP) is 1.79. The van der Waals surface area contributed by atoms with E-state index >= 15 is 0 Å². The van der Waals surface area contributed by atoms with Gasteiger partial charge in [0.2, 0.25) is 0 Å². The molecular formula is C21H27N9O3. The molecule has 3 aromatic heterocycles. The Kier molecular flexibility index (Phi) is 6.56. The van der Waals surface area contributed by atoms with E-state index in [2.05, 4.69) is 5.32 Å². The molecule has 0 aliphatic heterocycles. The number of aryl methyl sites for hydroxylation is 1. The lowest BCUT2D eigenvalue weighted by Gasteiger charge is -2.18. The lowest BCUT2D eigenvalue weighted by atomic mass is 10.3. The second-order valence-electron chi connectivity index (χ2n) is 7.63. The van der Waals surface area contributed by atoms with E-state index in [1.165, 1.54) is 37.5 Å². The lowest BCUT2D eigenvalue weighted by Crippen LogP contribution is -2.33. The highest BCUT2D eigenvalue weighted by atomic mass is 16.2. The highest BCUT2D eigenvalue weighted by Crippen LogP contribution is 2.18. The van der Waals surface area contributed by atoms with Crippen LogP contribution in [0.1, 0.15) is 16.9 Å². The number of anilines is 3. The summed E-state index contributed by atoms with van der Waals surface area (Å²) in [6, 6.07) is 4.12. The first-order chi connectivity index (χ1) is 15.6. The summed E-state index contributed by atoms with van der Waals surface area (Å²) in [6.07, 6.45) is 8.04. The standard InChI is InChI=1S/C21H27N9O3/c1-26(7-6-18(23)24)20(32)30-9-5-16(13-30)28(3)21(33)29-8-4-15(12-29)25-19(31)17-10-14(22)11-27(17)2/h4-5,8-13H,6-7,22H2,1-3H3,(H3,23,24)(H,25,31). The van der Waals surface area contributed by atoms with Crippen molar-refractivity contribution in [2.75, 3.05) is 36.6 Å². The summed E-state index contributed by atoms with van der Waals surface area (Å²) in [5, 5.41) is 10.0. The van der Waals surface area contributed by atoms with Crippen LogP contribution in [0.2, 0.25) is 0 Å². The van der Waals surface area contributed by atoms with Crippen LogP contribution in [0.4, 0.5) is 26.7 Å². The van der Waals surface area contributed by atoms with Crippen molar-refractivity contribution >= 4 is 40.9 Å². The zero-order valence-corrected chi connectivity index (χ0v) is 18.6. The number of nitrogens with two attached hydrogens (primary N) is 2. The molecule has 0 atom stereocenters. The van der Waals surface area contributed by atoms with Gasteiger partial charge in [-0.1, -0.05) is 0 Å². The smallest absolute Gasteiger partial charge is 0.332 e. The van der Waals surface area contributed by atoms with E-state index in [1.807, 2.05) is 0 Å². The fraction of sp³-hybridized carbons (Fsp3) is 0.238. The molecule has 0 aliphatic carbocycles. The molecular weight excluding hydrogens is 426 g/mol. The first-order valence-electron chi connectivity index (χ1n) is 10.0. The molecule has 3 rings (SSSR count). The van der Waals surface area contributed by atoms with Gasteiger partial charge in [-0.25, -0.2) is 9.59 Å². The third kappa shape index (κ3) is 5.23. The van der Waals surface area contributed by atoms with Gasteiger partial charge in [-0.15, -0.1) is 0 Å². The Morgan fingerprint density at radius 3 is 2.36 bits per heavy atom. The zero-order chi connectivity index (χ0) is 24.3. The average Bonchev–Trinajstić information content (AvgIpc) is 3.50. The van der Waals surface area contributed by atoms with Gasteiger partial charge in [0.15, 0.2) is 0 Å². The molecule has 0 aromatic carbocycles. The Balaban J connectivity index is 1.65. The molecule has 6 N–H and O–H groups in total. The number of nitrogen functional groups attached to an aromatic ring is 1. The molecule has 33 heavy (non-hydrogen) atoms. The van der Waals surface area contributed by atoms with Gasteiger partial charge in [-0.2, -0.15) is 0 Å². The van der Waals surface area contributed by atoms with E-state index < -0.39 is 0 Å². The Hall–Kier alpha value is -4.48. The SMILES string of the molecule is CN(CCC(=N)N)C(=O)n1ccc(N(C)C(=O)n2ccc(NC(=O)c3cc(N)cn3C)c2)c1. The van der Waals surface area contributed by atoms with E-state index in [9.17, 15) is 14.4 Å². The highest BCUT2D eigenvalue weighted by molar-refractivity contribution is 6.04. The molecule has 0 bridgehead atoms. The normalized spacial score (nSPS) is 10.6. The number of nitrogens with one attached hydrogen (secondary N) is 2. The largest absolute Gasteiger partial charge is 0.397 e. The number of rotatable bonds is 6. The Bertz CT molecular complexity index is 1200. The van der Waals surface area contributed by atoms with Crippen molar-refractivity contribution in [2.45, 2.75) is 6.42 Å². The highest BCUT2D eigenvalue weighted by Gasteiger charge is 2.18. The molecule has 0 unspecified atom stereocenters. The van der Waals surface area contributed by atoms with E-state index in [0.29, 0.717) is 29.3 Å². The van der Waals surface area contributed by atoms with Gasteiger partial charge < -0.3 is 26.3 Å². The molecule has 0 aliphatic rings. The minimum atomic E-state index is -0.381. The molecule has 174 valence electrons. The van der Waals surface area contributed by atoms with Crippen LogP contribution in [0.15, 0.2) is 49.2 Å². The summed E-state index contributed by atoms with van der Waals surface area (Å²) < 4.78 is 4.29. The molecule has 12 nitrogen and oxygen atoms in total. The molecule has 0 spiro atoms. The molecule has 3 aromatic rings. The quantitative estimate of drug-likeness (QED) is 0.330. The van der Waals surface area contributed by atoms with Crippen molar-refractivity contribution in [1.82, 2.24) is 18.6 Å². The molecule has 12 heteroatoms. The van der Waals surface area contributed by atoms with Gasteiger partial charge >= 0.3 is 12.1 Å². The maximum atomic E-state index is 12.9. The van der Waals surface area contributed by atoms with Crippen molar-refractivity contribution in [3.63, 3.8) is 0 Å². The van der Waals surface area contributed by atoms with Crippen LogP contribution in [0, 0.1) is 5.41 Å². The third-order valence-electron chi connectivity index (χ3n) is 5.05. The van der Waals surface area contributed by atoms with Crippen LogP contribution in [0.5, 0.6) is 0 Å². The maximum Gasteiger partial charge on any atom is 0.332 e. The van der Waals surface area contributed by atoms with Crippen LogP contribution in [-0.2, 0) is 7.05 Å². The number of amides is 3. The first kappa shape index (κ1) is 23.2. The van der Waals surface area contributed by atoms with Crippen molar-refractivity contribution in [3.05, 3.63) is 54.9 Å². The zero-order valence-electron chi connectivity index (χ0n) is 18.6. The van der Waals surface area contributed by atoms with Gasteiger partial charge in [0.25, 0.3) is 5.91 Å². The monoisotopic (exact) mass is 453 g/mol. The number of amidine groups is 1. The van der Waals surface area contributed by atoms with Crippen LogP contribution < -0.4 is 21.7 Å².